The van der Waals surface area contributed by atoms with Crippen molar-refractivity contribution in [3.63, 3.8) is 0 Å². The second kappa shape index (κ2) is 7.47. The minimum Gasteiger partial charge on any atom is -0.507 e. The Balaban J connectivity index is 1.88. The minimum absolute atomic E-state index is 0.0944. The molecule has 110 valence electrons. The molecule has 0 bridgehead atoms. The van der Waals surface area contributed by atoms with Gasteiger partial charge < -0.3 is 5.11 Å². The predicted octanol–water partition coefficient (Wildman–Crippen LogP) is 5.06. The fourth-order valence-corrected chi connectivity index (χ4v) is 3.39. The molecule has 0 heterocycles. The second-order valence-electron chi connectivity index (χ2n) is 6.15. The third-order valence-corrected chi connectivity index (χ3v) is 4.71. The molecule has 1 aliphatic rings. The Labute approximate surface area is 122 Å². The normalized spacial score (nSPS) is 22.6. The quantitative estimate of drug-likeness (QED) is 0.581. The molecule has 1 fully saturated rings. The van der Waals surface area contributed by atoms with E-state index in [1.54, 1.807) is 6.07 Å². The molecule has 1 aromatic carbocycles. The Morgan fingerprint density at radius 3 is 2.60 bits per heavy atom. The number of hydrogen-bond donors (Lipinski definition) is 1. The van der Waals surface area contributed by atoms with Crippen molar-refractivity contribution in [2.24, 2.45) is 5.92 Å². The van der Waals surface area contributed by atoms with Crippen molar-refractivity contribution in [3.05, 3.63) is 29.3 Å². The van der Waals surface area contributed by atoms with Crippen LogP contribution in [0.25, 0.3) is 0 Å². The van der Waals surface area contributed by atoms with E-state index >= 15 is 0 Å². The second-order valence-corrected chi connectivity index (χ2v) is 6.15. The maximum atomic E-state index is 10.9. The highest BCUT2D eigenvalue weighted by Gasteiger charge is 2.22. The van der Waals surface area contributed by atoms with Crippen LogP contribution >= 0.6 is 0 Å². The van der Waals surface area contributed by atoms with Gasteiger partial charge in [0.25, 0.3) is 0 Å². The molecule has 1 N–H and O–H groups in total. The zero-order valence-corrected chi connectivity index (χ0v) is 12.5. The van der Waals surface area contributed by atoms with Gasteiger partial charge in [0.15, 0.2) is 6.29 Å². The molecule has 0 aromatic heterocycles. The van der Waals surface area contributed by atoms with Crippen LogP contribution in [-0.4, -0.2) is 11.4 Å². The van der Waals surface area contributed by atoms with Crippen molar-refractivity contribution < 1.29 is 9.90 Å². The van der Waals surface area contributed by atoms with E-state index in [4.69, 9.17) is 0 Å². The van der Waals surface area contributed by atoms with Gasteiger partial charge in [-0.2, -0.15) is 0 Å². The molecule has 20 heavy (non-hydrogen) atoms. The van der Waals surface area contributed by atoms with Crippen LogP contribution in [0.2, 0.25) is 0 Å². The van der Waals surface area contributed by atoms with Crippen LogP contribution in [0.3, 0.4) is 0 Å². The third kappa shape index (κ3) is 3.84. The first-order valence-corrected chi connectivity index (χ1v) is 8.02. The van der Waals surface area contributed by atoms with Crippen LogP contribution in [0.5, 0.6) is 5.75 Å². The van der Waals surface area contributed by atoms with Crippen LogP contribution in [0.4, 0.5) is 0 Å². The molecule has 0 saturated heterocycles. The zero-order valence-electron chi connectivity index (χ0n) is 12.5. The summed E-state index contributed by atoms with van der Waals surface area (Å²) in [5.41, 5.74) is 1.64. The Hall–Kier alpha value is -1.31. The van der Waals surface area contributed by atoms with Crippen molar-refractivity contribution in [2.75, 3.05) is 0 Å². The molecule has 1 saturated carbocycles. The van der Waals surface area contributed by atoms with Crippen molar-refractivity contribution >= 4 is 6.29 Å². The van der Waals surface area contributed by atoms with Gasteiger partial charge in [0.2, 0.25) is 0 Å². The lowest BCUT2D eigenvalue weighted by Gasteiger charge is -2.29. The molecule has 2 rings (SSSR count). The third-order valence-electron chi connectivity index (χ3n) is 4.71. The number of aromatic hydroxyl groups is 1. The summed E-state index contributed by atoms with van der Waals surface area (Å²) in [5.74, 6) is 1.56. The SMILES string of the molecule is CCCCCC1CCC(c2ccc(O)c(C=O)c2)CC1. The topological polar surface area (TPSA) is 37.3 Å². The van der Waals surface area contributed by atoms with E-state index in [9.17, 15) is 9.90 Å². The fraction of sp³-hybridized carbons (Fsp3) is 0.611. The Bertz CT molecular complexity index is 431. The summed E-state index contributed by atoms with van der Waals surface area (Å²) in [5, 5.41) is 9.56. The van der Waals surface area contributed by atoms with Gasteiger partial charge in [-0.15, -0.1) is 0 Å². The monoisotopic (exact) mass is 274 g/mol. The van der Waals surface area contributed by atoms with Crippen LogP contribution in [0.15, 0.2) is 18.2 Å². The molecular weight excluding hydrogens is 248 g/mol. The standard InChI is InChI=1S/C18H26O2/c1-2-3-4-5-14-6-8-15(9-7-14)16-10-11-18(20)17(12-16)13-19/h10-15,20H,2-9H2,1H3. The Morgan fingerprint density at radius 1 is 1.20 bits per heavy atom. The molecule has 1 aromatic rings. The number of unbranched alkanes of at least 4 members (excludes halogenated alkanes) is 2. The van der Waals surface area contributed by atoms with Gasteiger partial charge in [-0.1, -0.05) is 38.7 Å². The van der Waals surface area contributed by atoms with Gasteiger partial charge in [0.1, 0.15) is 5.75 Å². The Morgan fingerprint density at radius 2 is 1.95 bits per heavy atom. The highest BCUT2D eigenvalue weighted by atomic mass is 16.3. The average molecular weight is 274 g/mol. The summed E-state index contributed by atoms with van der Waals surface area (Å²) in [6.07, 6.45) is 11.2. The van der Waals surface area contributed by atoms with Crippen molar-refractivity contribution in [2.45, 2.75) is 64.2 Å². The summed E-state index contributed by atoms with van der Waals surface area (Å²) >= 11 is 0. The molecular formula is C18H26O2. The minimum atomic E-state index is 0.0944. The predicted molar refractivity (Wildman–Crippen MR) is 82.3 cm³/mol. The molecule has 0 amide bonds. The first kappa shape index (κ1) is 15.1. The molecule has 0 spiro atoms. The molecule has 2 heteroatoms. The van der Waals surface area contributed by atoms with Crippen molar-refractivity contribution in [1.82, 2.24) is 0 Å². The Kier molecular flexibility index (Phi) is 5.63. The van der Waals surface area contributed by atoms with Gasteiger partial charge >= 0.3 is 0 Å². The number of aldehydes is 1. The van der Waals surface area contributed by atoms with E-state index in [-0.39, 0.29) is 5.75 Å². The molecule has 0 aliphatic heterocycles. The molecule has 0 radical (unpaired) electrons. The van der Waals surface area contributed by atoms with Gasteiger partial charge in [0.05, 0.1) is 5.56 Å². The van der Waals surface area contributed by atoms with Crippen LogP contribution < -0.4 is 0 Å². The van der Waals surface area contributed by atoms with Crippen LogP contribution in [0, 0.1) is 5.92 Å². The number of phenols is 1. The summed E-state index contributed by atoms with van der Waals surface area (Å²) in [6, 6.07) is 5.50. The zero-order chi connectivity index (χ0) is 14.4. The molecule has 0 atom stereocenters. The maximum absolute atomic E-state index is 10.9. The van der Waals surface area contributed by atoms with Crippen molar-refractivity contribution in [3.8, 4) is 5.75 Å². The number of benzene rings is 1. The average Bonchev–Trinajstić information content (AvgIpc) is 2.49. The number of carbonyl (C=O) groups is 1. The van der Waals surface area contributed by atoms with E-state index in [0.717, 1.165) is 12.2 Å². The first-order valence-electron chi connectivity index (χ1n) is 8.02. The first-order chi connectivity index (χ1) is 9.74. The van der Waals surface area contributed by atoms with Crippen molar-refractivity contribution in [1.29, 1.82) is 0 Å². The fourth-order valence-electron chi connectivity index (χ4n) is 3.39. The highest BCUT2D eigenvalue weighted by molar-refractivity contribution is 5.79. The largest absolute Gasteiger partial charge is 0.507 e. The van der Waals surface area contributed by atoms with E-state index in [2.05, 4.69) is 6.92 Å². The van der Waals surface area contributed by atoms with E-state index in [1.165, 1.54) is 56.9 Å². The maximum Gasteiger partial charge on any atom is 0.153 e. The van der Waals surface area contributed by atoms with Crippen LogP contribution in [0.1, 0.15) is 80.1 Å². The molecule has 1 aliphatic carbocycles. The number of rotatable bonds is 6. The van der Waals surface area contributed by atoms with Crippen LogP contribution in [-0.2, 0) is 0 Å². The smallest absolute Gasteiger partial charge is 0.153 e. The summed E-state index contributed by atoms with van der Waals surface area (Å²) < 4.78 is 0. The lowest BCUT2D eigenvalue weighted by molar-refractivity contribution is 0.112. The summed E-state index contributed by atoms with van der Waals surface area (Å²) in [6.45, 7) is 2.26. The summed E-state index contributed by atoms with van der Waals surface area (Å²) in [7, 11) is 0. The van der Waals surface area contributed by atoms with Gasteiger partial charge in [-0.3, -0.25) is 4.79 Å². The van der Waals surface area contributed by atoms with Gasteiger partial charge in [0, 0.05) is 0 Å². The molecule has 2 nitrogen and oxygen atoms in total. The summed E-state index contributed by atoms with van der Waals surface area (Å²) in [4.78, 5) is 10.9. The number of carbonyl (C=O) groups excluding carboxylic acids is 1. The lowest BCUT2D eigenvalue weighted by Crippen LogP contribution is -2.13. The van der Waals surface area contributed by atoms with Gasteiger partial charge in [-0.25, -0.2) is 0 Å². The van der Waals surface area contributed by atoms with E-state index in [1.807, 2.05) is 12.1 Å². The van der Waals surface area contributed by atoms with Gasteiger partial charge in [-0.05, 0) is 55.2 Å². The number of hydrogen-bond acceptors (Lipinski definition) is 2. The molecule has 0 unspecified atom stereocenters. The van der Waals surface area contributed by atoms with E-state index < -0.39 is 0 Å². The lowest BCUT2D eigenvalue weighted by atomic mass is 9.77. The van der Waals surface area contributed by atoms with E-state index in [0.29, 0.717) is 11.5 Å². The number of phenolic OH excluding ortho intramolecular Hbond substituents is 1. The highest BCUT2D eigenvalue weighted by Crippen LogP contribution is 2.38.